The van der Waals surface area contributed by atoms with Crippen molar-refractivity contribution in [1.82, 2.24) is 9.21 Å². The first kappa shape index (κ1) is 19.7. The lowest BCUT2D eigenvalue weighted by molar-refractivity contribution is -0.137. The Hall–Kier alpha value is -1.62. The van der Waals surface area contributed by atoms with Gasteiger partial charge >= 0.3 is 5.97 Å². The molecule has 0 aliphatic carbocycles. The van der Waals surface area contributed by atoms with E-state index in [0.717, 1.165) is 16.6 Å². The number of benzene rings is 1. The number of nitrogens with zero attached hydrogens (tertiary/aromatic N) is 2. The van der Waals surface area contributed by atoms with Gasteiger partial charge in [0, 0.05) is 31.7 Å². The molecule has 1 atom stereocenters. The molecule has 25 heavy (non-hydrogen) atoms. The zero-order valence-corrected chi connectivity index (χ0v) is 14.5. The van der Waals surface area contributed by atoms with Gasteiger partial charge in [-0.25, -0.2) is 17.2 Å². The quantitative estimate of drug-likeness (QED) is 0.744. The Balaban J connectivity index is 2.02. The number of hydrogen-bond acceptors (Lipinski definition) is 5. The molecule has 1 fully saturated rings. The number of sulfonamides is 1. The number of morpholine rings is 1. The SMILES string of the molecule is CS(=O)(=O)N(CC(=O)O)C[C@@H]1CN(Cc2cccc(F)c2F)CCO1. The van der Waals surface area contributed by atoms with Crippen molar-refractivity contribution in [3.05, 3.63) is 35.4 Å². The molecule has 140 valence electrons. The Kier molecular flexibility index (Phi) is 6.44. The normalized spacial score (nSPS) is 19.3. The molecule has 0 radical (unpaired) electrons. The molecule has 0 saturated carbocycles. The molecule has 0 unspecified atom stereocenters. The summed E-state index contributed by atoms with van der Waals surface area (Å²) in [5.74, 6) is -3.10. The van der Waals surface area contributed by atoms with Crippen LogP contribution in [0.25, 0.3) is 0 Å². The van der Waals surface area contributed by atoms with E-state index in [1.165, 1.54) is 12.1 Å². The van der Waals surface area contributed by atoms with Crippen molar-refractivity contribution in [3.63, 3.8) is 0 Å². The van der Waals surface area contributed by atoms with Crippen molar-refractivity contribution in [3.8, 4) is 0 Å². The molecule has 0 amide bonds. The zero-order valence-electron chi connectivity index (χ0n) is 13.7. The maximum absolute atomic E-state index is 13.8. The number of carboxylic acid groups (broad SMARTS) is 1. The highest BCUT2D eigenvalue weighted by Gasteiger charge is 2.28. The Morgan fingerprint density at radius 3 is 2.80 bits per heavy atom. The zero-order chi connectivity index (χ0) is 18.6. The summed E-state index contributed by atoms with van der Waals surface area (Å²) in [4.78, 5) is 12.7. The summed E-state index contributed by atoms with van der Waals surface area (Å²) in [6.45, 7) is 0.421. The summed E-state index contributed by atoms with van der Waals surface area (Å²) in [5, 5.41) is 8.85. The van der Waals surface area contributed by atoms with Crippen LogP contribution >= 0.6 is 0 Å². The first-order valence-corrected chi connectivity index (χ1v) is 9.45. The number of hydrogen-bond donors (Lipinski definition) is 1. The summed E-state index contributed by atoms with van der Waals surface area (Å²) in [6.07, 6.45) is 0.373. The number of halogens is 2. The van der Waals surface area contributed by atoms with E-state index in [4.69, 9.17) is 9.84 Å². The second kappa shape index (κ2) is 8.17. The minimum Gasteiger partial charge on any atom is -0.480 e. The van der Waals surface area contributed by atoms with E-state index in [2.05, 4.69) is 0 Å². The maximum Gasteiger partial charge on any atom is 0.318 e. The lowest BCUT2D eigenvalue weighted by atomic mass is 10.1. The number of ether oxygens (including phenoxy) is 1. The van der Waals surface area contributed by atoms with Crippen LogP contribution in [0.3, 0.4) is 0 Å². The van der Waals surface area contributed by atoms with E-state index >= 15 is 0 Å². The van der Waals surface area contributed by atoms with E-state index in [9.17, 15) is 22.0 Å². The topological polar surface area (TPSA) is 87.2 Å². The van der Waals surface area contributed by atoms with E-state index in [1.807, 2.05) is 4.90 Å². The van der Waals surface area contributed by atoms with E-state index in [0.29, 0.717) is 6.54 Å². The fourth-order valence-electron chi connectivity index (χ4n) is 2.64. The van der Waals surface area contributed by atoms with Crippen LogP contribution in [0.5, 0.6) is 0 Å². The lowest BCUT2D eigenvalue weighted by Crippen LogP contribution is -2.49. The van der Waals surface area contributed by atoms with E-state index < -0.39 is 40.3 Å². The lowest BCUT2D eigenvalue weighted by Gasteiger charge is -2.34. The Bertz CT molecular complexity index is 729. The van der Waals surface area contributed by atoms with Crippen molar-refractivity contribution >= 4 is 16.0 Å². The molecule has 0 bridgehead atoms. The summed E-state index contributed by atoms with van der Waals surface area (Å²) < 4.78 is 56.8. The second-order valence-electron chi connectivity index (χ2n) is 5.89. The molecular weight excluding hydrogens is 358 g/mol. The van der Waals surface area contributed by atoms with Gasteiger partial charge in [0.25, 0.3) is 0 Å². The highest BCUT2D eigenvalue weighted by Crippen LogP contribution is 2.16. The first-order valence-electron chi connectivity index (χ1n) is 7.60. The van der Waals surface area contributed by atoms with Crippen LogP contribution in [-0.2, 0) is 26.1 Å². The Morgan fingerprint density at radius 2 is 2.16 bits per heavy atom. The summed E-state index contributed by atoms with van der Waals surface area (Å²) in [6, 6.07) is 3.94. The average molecular weight is 378 g/mol. The minimum absolute atomic E-state index is 0.118. The van der Waals surface area contributed by atoms with Crippen LogP contribution in [0.15, 0.2) is 18.2 Å². The molecule has 2 rings (SSSR count). The number of rotatable bonds is 7. The molecule has 7 nitrogen and oxygen atoms in total. The fourth-order valence-corrected chi connectivity index (χ4v) is 3.42. The third kappa shape index (κ3) is 5.70. The molecule has 1 aliphatic heterocycles. The Morgan fingerprint density at radius 1 is 1.44 bits per heavy atom. The molecular formula is C15H20F2N2O5S. The van der Waals surface area contributed by atoms with Crippen molar-refractivity contribution in [2.24, 2.45) is 0 Å². The largest absolute Gasteiger partial charge is 0.480 e. The molecule has 1 aromatic rings. The highest BCUT2D eigenvalue weighted by molar-refractivity contribution is 7.88. The van der Waals surface area contributed by atoms with Gasteiger partial charge in [0.2, 0.25) is 10.0 Å². The molecule has 0 aromatic heterocycles. The molecule has 1 saturated heterocycles. The van der Waals surface area contributed by atoms with E-state index in [-0.39, 0.29) is 31.8 Å². The first-order chi connectivity index (χ1) is 11.7. The number of carbonyl (C=O) groups is 1. The van der Waals surface area contributed by atoms with Gasteiger partial charge < -0.3 is 9.84 Å². The van der Waals surface area contributed by atoms with Crippen LogP contribution in [-0.4, -0.2) is 73.8 Å². The predicted octanol–water partition coefficient (Wildman–Crippen LogP) is 0.512. The number of carboxylic acids is 1. The molecule has 1 heterocycles. The van der Waals surface area contributed by atoms with Crippen molar-refractivity contribution < 1.29 is 31.8 Å². The monoisotopic (exact) mass is 378 g/mol. The second-order valence-corrected chi connectivity index (χ2v) is 7.87. The van der Waals surface area contributed by atoms with Crippen molar-refractivity contribution in [1.29, 1.82) is 0 Å². The Labute approximate surface area is 144 Å². The van der Waals surface area contributed by atoms with Crippen molar-refractivity contribution in [2.45, 2.75) is 12.6 Å². The van der Waals surface area contributed by atoms with Gasteiger partial charge in [-0.05, 0) is 6.07 Å². The van der Waals surface area contributed by atoms with Gasteiger partial charge in [-0.15, -0.1) is 0 Å². The number of aliphatic carboxylic acids is 1. The summed E-state index contributed by atoms with van der Waals surface area (Å²) in [5.41, 5.74) is 0.200. The summed E-state index contributed by atoms with van der Waals surface area (Å²) >= 11 is 0. The van der Waals surface area contributed by atoms with Gasteiger partial charge in [0.15, 0.2) is 11.6 Å². The molecule has 10 heteroatoms. The van der Waals surface area contributed by atoms with Gasteiger partial charge in [-0.1, -0.05) is 12.1 Å². The molecule has 0 spiro atoms. The van der Waals surface area contributed by atoms with Gasteiger partial charge in [-0.3, -0.25) is 9.69 Å². The molecule has 1 aromatic carbocycles. The van der Waals surface area contributed by atoms with Gasteiger partial charge in [0.1, 0.15) is 6.54 Å². The maximum atomic E-state index is 13.8. The van der Waals surface area contributed by atoms with Gasteiger partial charge in [0.05, 0.1) is 19.0 Å². The third-order valence-corrected chi connectivity index (χ3v) is 5.05. The summed E-state index contributed by atoms with van der Waals surface area (Å²) in [7, 11) is -3.70. The predicted molar refractivity (Wildman–Crippen MR) is 85.4 cm³/mol. The van der Waals surface area contributed by atoms with Crippen molar-refractivity contribution in [2.75, 3.05) is 39.0 Å². The molecule has 1 N–H and O–H groups in total. The average Bonchev–Trinajstić information content (AvgIpc) is 2.50. The van der Waals surface area contributed by atoms with Gasteiger partial charge in [-0.2, -0.15) is 4.31 Å². The van der Waals surface area contributed by atoms with Crippen LogP contribution in [0.4, 0.5) is 8.78 Å². The van der Waals surface area contributed by atoms with E-state index in [1.54, 1.807) is 0 Å². The molecule has 1 aliphatic rings. The van der Waals surface area contributed by atoms with Crippen LogP contribution in [0, 0.1) is 11.6 Å². The van der Waals surface area contributed by atoms with Crippen LogP contribution < -0.4 is 0 Å². The highest BCUT2D eigenvalue weighted by atomic mass is 32.2. The fraction of sp³-hybridized carbons (Fsp3) is 0.533. The smallest absolute Gasteiger partial charge is 0.318 e. The standard InChI is InChI=1S/C15H20F2N2O5S/c1-25(22,23)19(10-14(20)21)9-12-8-18(5-6-24-12)7-11-3-2-4-13(16)15(11)17/h2-4,12H,5-10H2,1H3,(H,20,21)/t12-/m0/s1. The third-order valence-electron chi connectivity index (χ3n) is 3.84. The van der Waals surface area contributed by atoms with Crippen LogP contribution in [0.2, 0.25) is 0 Å². The van der Waals surface area contributed by atoms with Crippen LogP contribution in [0.1, 0.15) is 5.56 Å². The minimum atomic E-state index is -3.70.